The van der Waals surface area contributed by atoms with Gasteiger partial charge >= 0.3 is 5.97 Å². The molecule has 4 nitrogen and oxygen atoms in total. The Balaban J connectivity index is 1.97. The lowest BCUT2D eigenvalue weighted by Crippen LogP contribution is -2.08. The van der Waals surface area contributed by atoms with Crippen molar-refractivity contribution in [3.05, 3.63) is 59.4 Å². The molecule has 0 aliphatic heterocycles. The maximum atomic E-state index is 13.4. The molecule has 0 bridgehead atoms. The third kappa shape index (κ3) is 3.26. The Morgan fingerprint density at radius 2 is 2.00 bits per heavy atom. The zero-order chi connectivity index (χ0) is 14.5. The third-order valence-corrected chi connectivity index (χ3v) is 2.96. The van der Waals surface area contributed by atoms with E-state index in [0.29, 0.717) is 24.2 Å². The number of nitrogen functional groups attached to an aromatic ring is 1. The Labute approximate surface area is 116 Å². The largest absolute Gasteiger partial charge is 0.478 e. The van der Waals surface area contributed by atoms with Gasteiger partial charge < -0.3 is 16.2 Å². The predicted molar refractivity (Wildman–Crippen MR) is 76.4 cm³/mol. The average molecular weight is 274 g/mol. The molecule has 0 heterocycles. The van der Waals surface area contributed by atoms with Crippen molar-refractivity contribution in [1.82, 2.24) is 0 Å². The van der Waals surface area contributed by atoms with Crippen LogP contribution in [0.2, 0.25) is 0 Å². The van der Waals surface area contributed by atoms with E-state index >= 15 is 0 Å². The summed E-state index contributed by atoms with van der Waals surface area (Å²) >= 11 is 0. The molecule has 5 heteroatoms. The number of hydrogen-bond donors (Lipinski definition) is 3. The van der Waals surface area contributed by atoms with E-state index in [1.165, 1.54) is 12.1 Å². The molecule has 0 saturated carbocycles. The fraction of sp³-hybridized carbons (Fsp3) is 0.133. The molecule has 0 aromatic heterocycles. The first-order valence-electron chi connectivity index (χ1n) is 6.18. The van der Waals surface area contributed by atoms with Gasteiger partial charge in [-0.15, -0.1) is 0 Å². The normalized spacial score (nSPS) is 10.2. The lowest BCUT2D eigenvalue weighted by atomic mass is 10.1. The molecule has 0 saturated heterocycles. The highest BCUT2D eigenvalue weighted by molar-refractivity contribution is 5.94. The SMILES string of the molecule is Nc1cc(NCCc2ccccc2F)ccc1C(=O)O. The molecular weight excluding hydrogens is 259 g/mol. The summed E-state index contributed by atoms with van der Waals surface area (Å²) in [6.07, 6.45) is 0.535. The van der Waals surface area contributed by atoms with Gasteiger partial charge in [-0.2, -0.15) is 0 Å². The van der Waals surface area contributed by atoms with E-state index in [2.05, 4.69) is 5.32 Å². The number of nitrogens with one attached hydrogen (secondary N) is 1. The van der Waals surface area contributed by atoms with Crippen molar-refractivity contribution in [1.29, 1.82) is 0 Å². The molecule has 0 unspecified atom stereocenters. The number of carbonyl (C=O) groups is 1. The standard InChI is InChI=1S/C15H15FN2O2/c16-13-4-2-1-3-10(13)7-8-18-11-5-6-12(15(19)20)14(17)9-11/h1-6,9,18H,7-8,17H2,(H,19,20). The average Bonchev–Trinajstić information content (AvgIpc) is 2.40. The summed E-state index contributed by atoms with van der Waals surface area (Å²) in [5.41, 5.74) is 7.27. The van der Waals surface area contributed by atoms with Crippen LogP contribution in [0.4, 0.5) is 15.8 Å². The van der Waals surface area contributed by atoms with Crippen LogP contribution in [0.25, 0.3) is 0 Å². The number of nitrogens with two attached hydrogens (primary N) is 1. The number of anilines is 2. The van der Waals surface area contributed by atoms with Gasteiger partial charge in [0.15, 0.2) is 0 Å². The van der Waals surface area contributed by atoms with Gasteiger partial charge in [0.1, 0.15) is 5.82 Å². The van der Waals surface area contributed by atoms with Gasteiger partial charge in [0.05, 0.1) is 5.56 Å². The summed E-state index contributed by atoms with van der Waals surface area (Å²) in [6.45, 7) is 0.535. The van der Waals surface area contributed by atoms with Crippen molar-refractivity contribution in [2.24, 2.45) is 0 Å². The smallest absolute Gasteiger partial charge is 0.337 e. The topological polar surface area (TPSA) is 75.3 Å². The van der Waals surface area contributed by atoms with E-state index in [9.17, 15) is 9.18 Å². The second kappa shape index (κ2) is 6.06. The molecule has 0 aliphatic carbocycles. The number of carboxylic acid groups (broad SMARTS) is 1. The zero-order valence-corrected chi connectivity index (χ0v) is 10.8. The molecule has 0 radical (unpaired) electrons. The molecular formula is C15H15FN2O2. The Kier molecular flexibility index (Phi) is 4.20. The van der Waals surface area contributed by atoms with Crippen molar-refractivity contribution in [2.45, 2.75) is 6.42 Å². The van der Waals surface area contributed by atoms with Crippen LogP contribution in [-0.2, 0) is 6.42 Å². The van der Waals surface area contributed by atoms with Crippen molar-refractivity contribution in [3.63, 3.8) is 0 Å². The molecule has 0 fully saturated rings. The summed E-state index contributed by atoms with van der Waals surface area (Å²) in [5, 5.41) is 12.0. The highest BCUT2D eigenvalue weighted by Gasteiger charge is 2.07. The van der Waals surface area contributed by atoms with Crippen LogP contribution in [0.15, 0.2) is 42.5 Å². The van der Waals surface area contributed by atoms with E-state index in [1.54, 1.807) is 30.3 Å². The number of hydrogen-bond acceptors (Lipinski definition) is 3. The summed E-state index contributed by atoms with van der Waals surface area (Å²) in [6, 6.07) is 11.2. The molecule has 2 aromatic rings. The molecule has 0 aliphatic rings. The molecule has 2 aromatic carbocycles. The van der Waals surface area contributed by atoms with E-state index in [-0.39, 0.29) is 17.1 Å². The van der Waals surface area contributed by atoms with E-state index in [0.717, 1.165) is 0 Å². The van der Waals surface area contributed by atoms with Crippen molar-refractivity contribution in [2.75, 3.05) is 17.6 Å². The first-order valence-corrected chi connectivity index (χ1v) is 6.18. The van der Waals surface area contributed by atoms with Crippen molar-refractivity contribution >= 4 is 17.3 Å². The number of halogens is 1. The van der Waals surface area contributed by atoms with Gasteiger partial charge in [-0.05, 0) is 36.2 Å². The van der Waals surface area contributed by atoms with Crippen LogP contribution in [-0.4, -0.2) is 17.6 Å². The minimum absolute atomic E-state index is 0.0738. The van der Waals surface area contributed by atoms with Gasteiger partial charge in [0.25, 0.3) is 0 Å². The first-order chi connectivity index (χ1) is 9.58. The summed E-state index contributed by atoms with van der Waals surface area (Å²) in [5.74, 6) is -1.28. The van der Waals surface area contributed by atoms with Crippen LogP contribution >= 0.6 is 0 Å². The number of aromatic carboxylic acids is 1. The number of rotatable bonds is 5. The van der Waals surface area contributed by atoms with Gasteiger partial charge in [0.2, 0.25) is 0 Å². The third-order valence-electron chi connectivity index (χ3n) is 2.96. The Bertz CT molecular complexity index is 629. The Morgan fingerprint density at radius 3 is 2.65 bits per heavy atom. The molecule has 4 N–H and O–H groups in total. The zero-order valence-electron chi connectivity index (χ0n) is 10.8. The van der Waals surface area contributed by atoms with Crippen LogP contribution in [0, 0.1) is 5.82 Å². The lowest BCUT2D eigenvalue weighted by Gasteiger charge is -2.09. The number of benzene rings is 2. The van der Waals surface area contributed by atoms with Crippen LogP contribution < -0.4 is 11.1 Å². The van der Waals surface area contributed by atoms with Gasteiger partial charge in [-0.25, -0.2) is 9.18 Å². The quantitative estimate of drug-likeness (QED) is 0.733. The van der Waals surface area contributed by atoms with Crippen LogP contribution in [0.1, 0.15) is 15.9 Å². The molecule has 2 rings (SSSR count). The van der Waals surface area contributed by atoms with E-state index < -0.39 is 5.97 Å². The van der Waals surface area contributed by atoms with Gasteiger partial charge in [-0.3, -0.25) is 0 Å². The molecule has 0 atom stereocenters. The fourth-order valence-electron chi connectivity index (χ4n) is 1.91. The summed E-state index contributed by atoms with van der Waals surface area (Å²) < 4.78 is 13.4. The highest BCUT2D eigenvalue weighted by Crippen LogP contribution is 2.18. The summed E-state index contributed by atoms with van der Waals surface area (Å²) in [4.78, 5) is 10.8. The fourth-order valence-corrected chi connectivity index (χ4v) is 1.91. The lowest BCUT2D eigenvalue weighted by molar-refractivity contribution is 0.0698. The minimum atomic E-state index is -1.06. The first kappa shape index (κ1) is 13.9. The molecule has 20 heavy (non-hydrogen) atoms. The van der Waals surface area contributed by atoms with E-state index in [4.69, 9.17) is 10.8 Å². The van der Waals surface area contributed by atoms with Crippen LogP contribution in [0.5, 0.6) is 0 Å². The second-order valence-electron chi connectivity index (χ2n) is 4.38. The monoisotopic (exact) mass is 274 g/mol. The Morgan fingerprint density at radius 1 is 1.25 bits per heavy atom. The maximum Gasteiger partial charge on any atom is 0.337 e. The highest BCUT2D eigenvalue weighted by atomic mass is 19.1. The van der Waals surface area contributed by atoms with Crippen molar-refractivity contribution in [3.8, 4) is 0 Å². The molecule has 104 valence electrons. The summed E-state index contributed by atoms with van der Waals surface area (Å²) in [7, 11) is 0. The van der Waals surface area contributed by atoms with E-state index in [1.807, 2.05) is 0 Å². The van der Waals surface area contributed by atoms with Gasteiger partial charge in [0, 0.05) is 17.9 Å². The van der Waals surface area contributed by atoms with Gasteiger partial charge in [-0.1, -0.05) is 18.2 Å². The second-order valence-corrected chi connectivity index (χ2v) is 4.38. The van der Waals surface area contributed by atoms with Crippen LogP contribution in [0.3, 0.4) is 0 Å². The molecule has 0 spiro atoms. The van der Waals surface area contributed by atoms with Crippen molar-refractivity contribution < 1.29 is 14.3 Å². The molecule has 0 amide bonds. The maximum absolute atomic E-state index is 13.4. The Hall–Kier alpha value is -2.56. The minimum Gasteiger partial charge on any atom is -0.478 e. The number of carboxylic acids is 1. The predicted octanol–water partition coefficient (Wildman–Crippen LogP) is 2.76.